The number of rotatable bonds is 3. The Morgan fingerprint density at radius 3 is 2.86 bits per heavy atom. The van der Waals surface area contributed by atoms with E-state index in [9.17, 15) is 4.79 Å². The maximum absolute atomic E-state index is 12.0. The Bertz CT molecular complexity index is 580. The Hall–Kier alpha value is -2.08. The van der Waals surface area contributed by atoms with E-state index in [-0.39, 0.29) is 18.4 Å². The first kappa shape index (κ1) is 14.8. The van der Waals surface area contributed by atoms with Crippen molar-refractivity contribution in [2.75, 3.05) is 38.2 Å². The Labute approximate surface area is 130 Å². The maximum Gasteiger partial charge on any atom is 0.244 e. The van der Waals surface area contributed by atoms with E-state index < -0.39 is 0 Å². The van der Waals surface area contributed by atoms with Gasteiger partial charge in [-0.2, -0.15) is 0 Å². The molecule has 118 valence electrons. The first-order valence-electron chi connectivity index (χ1n) is 7.76. The molecule has 6 heteroatoms. The highest BCUT2D eigenvalue weighted by molar-refractivity contribution is 5.94. The van der Waals surface area contributed by atoms with Crippen molar-refractivity contribution in [1.82, 2.24) is 4.90 Å². The molecular formula is C16H22N4O2. The van der Waals surface area contributed by atoms with Gasteiger partial charge in [-0.25, -0.2) is 4.99 Å². The number of anilines is 1. The van der Waals surface area contributed by atoms with E-state index in [0.717, 1.165) is 18.5 Å². The summed E-state index contributed by atoms with van der Waals surface area (Å²) in [7, 11) is 0. The molecule has 1 aromatic carbocycles. The molecule has 0 atom stereocenters. The van der Waals surface area contributed by atoms with E-state index in [1.54, 1.807) is 4.90 Å². The van der Waals surface area contributed by atoms with Gasteiger partial charge in [0.1, 0.15) is 6.54 Å². The number of fused-ring (bicyclic) bond motifs is 1. The Balaban J connectivity index is 1.54. The molecule has 22 heavy (non-hydrogen) atoms. The first-order valence-corrected chi connectivity index (χ1v) is 7.76. The van der Waals surface area contributed by atoms with Crippen molar-refractivity contribution < 1.29 is 9.53 Å². The van der Waals surface area contributed by atoms with Crippen LogP contribution in [0.3, 0.4) is 0 Å². The Morgan fingerprint density at radius 1 is 1.27 bits per heavy atom. The molecule has 6 nitrogen and oxygen atoms in total. The van der Waals surface area contributed by atoms with E-state index >= 15 is 0 Å². The fourth-order valence-corrected chi connectivity index (χ4v) is 2.90. The lowest BCUT2D eigenvalue weighted by molar-refractivity contribution is -0.133. The van der Waals surface area contributed by atoms with Gasteiger partial charge in [0.25, 0.3) is 0 Å². The molecule has 1 heterocycles. The number of carbonyl (C=O) groups excluding carboxylic acids is 1. The molecule has 0 spiro atoms. The second-order valence-electron chi connectivity index (χ2n) is 5.66. The van der Waals surface area contributed by atoms with Crippen molar-refractivity contribution in [3.63, 3.8) is 0 Å². The molecule has 2 aliphatic rings. The standard InChI is InChI=1S/C16H22N4O2/c17-16(18-11-15(21)20-6-8-22-9-7-20)19-14-5-4-12-2-1-3-13(12)10-14/h4-5,10H,1-3,6-9,11H2,(H3,17,18,19). The van der Waals surface area contributed by atoms with Gasteiger partial charge in [0.2, 0.25) is 5.91 Å². The second kappa shape index (κ2) is 6.79. The van der Waals surface area contributed by atoms with Crippen LogP contribution in [0, 0.1) is 0 Å². The number of benzene rings is 1. The van der Waals surface area contributed by atoms with Gasteiger partial charge in [-0.1, -0.05) is 6.07 Å². The van der Waals surface area contributed by atoms with Crippen LogP contribution in [0.25, 0.3) is 0 Å². The SMILES string of the molecule is NC(=NCC(=O)N1CCOCC1)Nc1ccc2c(c1)CCC2. The van der Waals surface area contributed by atoms with Crippen LogP contribution in [-0.4, -0.2) is 49.6 Å². The number of aryl methyl sites for hydroxylation is 2. The minimum atomic E-state index is -0.0120. The van der Waals surface area contributed by atoms with Crippen LogP contribution in [0.4, 0.5) is 5.69 Å². The van der Waals surface area contributed by atoms with Crippen LogP contribution in [0.5, 0.6) is 0 Å². The van der Waals surface area contributed by atoms with Crippen LogP contribution in [0.2, 0.25) is 0 Å². The predicted octanol–water partition coefficient (Wildman–Crippen LogP) is 0.761. The van der Waals surface area contributed by atoms with Crippen LogP contribution in [0.1, 0.15) is 17.5 Å². The zero-order valence-electron chi connectivity index (χ0n) is 12.7. The highest BCUT2D eigenvalue weighted by atomic mass is 16.5. The smallest absolute Gasteiger partial charge is 0.244 e. The van der Waals surface area contributed by atoms with Crippen molar-refractivity contribution in [1.29, 1.82) is 0 Å². The number of nitrogens with one attached hydrogen (secondary N) is 1. The molecule has 0 bridgehead atoms. The third-order valence-corrected chi connectivity index (χ3v) is 4.12. The van der Waals surface area contributed by atoms with Gasteiger partial charge >= 0.3 is 0 Å². The number of guanidine groups is 1. The summed E-state index contributed by atoms with van der Waals surface area (Å²) in [5, 5.41) is 3.06. The predicted molar refractivity (Wildman–Crippen MR) is 86.0 cm³/mol. The maximum atomic E-state index is 12.0. The molecule has 1 aliphatic carbocycles. The molecule has 1 aromatic rings. The Kier molecular flexibility index (Phi) is 4.58. The summed E-state index contributed by atoms with van der Waals surface area (Å²) < 4.78 is 5.22. The molecule has 1 aliphatic heterocycles. The van der Waals surface area contributed by atoms with Crippen molar-refractivity contribution in [3.05, 3.63) is 29.3 Å². The number of carbonyl (C=O) groups is 1. The van der Waals surface area contributed by atoms with Gasteiger partial charge < -0.3 is 20.7 Å². The minimum Gasteiger partial charge on any atom is -0.378 e. The number of hydrogen-bond donors (Lipinski definition) is 2. The van der Waals surface area contributed by atoms with Crippen LogP contribution >= 0.6 is 0 Å². The number of hydrogen-bond acceptors (Lipinski definition) is 3. The van der Waals surface area contributed by atoms with Gasteiger partial charge in [0.05, 0.1) is 13.2 Å². The summed E-state index contributed by atoms with van der Waals surface area (Å²) in [6, 6.07) is 6.27. The summed E-state index contributed by atoms with van der Waals surface area (Å²) in [6.45, 7) is 2.53. The highest BCUT2D eigenvalue weighted by Crippen LogP contribution is 2.24. The lowest BCUT2D eigenvalue weighted by atomic mass is 10.1. The molecule has 1 saturated heterocycles. The van der Waals surface area contributed by atoms with E-state index in [2.05, 4.69) is 22.4 Å². The normalized spacial score (nSPS) is 18.2. The number of nitrogens with zero attached hydrogens (tertiary/aromatic N) is 2. The zero-order chi connectivity index (χ0) is 15.4. The topological polar surface area (TPSA) is 80.0 Å². The summed E-state index contributed by atoms with van der Waals surface area (Å²) in [5.41, 5.74) is 9.60. The minimum absolute atomic E-state index is 0.0120. The van der Waals surface area contributed by atoms with Crippen molar-refractivity contribution >= 4 is 17.6 Å². The molecule has 0 unspecified atom stereocenters. The average Bonchev–Trinajstić information content (AvgIpc) is 3.01. The summed E-state index contributed by atoms with van der Waals surface area (Å²) in [5.74, 6) is 0.265. The molecule has 1 fully saturated rings. The lowest BCUT2D eigenvalue weighted by Gasteiger charge is -2.26. The van der Waals surface area contributed by atoms with Crippen LogP contribution in [0.15, 0.2) is 23.2 Å². The quantitative estimate of drug-likeness (QED) is 0.638. The molecule has 1 amide bonds. The first-order chi connectivity index (χ1) is 10.7. The zero-order valence-corrected chi connectivity index (χ0v) is 12.7. The highest BCUT2D eigenvalue weighted by Gasteiger charge is 2.16. The number of aliphatic imine (C=N–C) groups is 1. The van der Waals surface area contributed by atoms with Crippen LogP contribution < -0.4 is 11.1 Å². The summed E-state index contributed by atoms with van der Waals surface area (Å²) in [4.78, 5) is 17.9. The fourth-order valence-electron chi connectivity index (χ4n) is 2.90. The molecular weight excluding hydrogens is 280 g/mol. The average molecular weight is 302 g/mol. The van der Waals surface area contributed by atoms with Crippen molar-refractivity contribution in [2.24, 2.45) is 10.7 Å². The molecule has 3 rings (SSSR count). The largest absolute Gasteiger partial charge is 0.378 e. The molecule has 0 radical (unpaired) electrons. The third kappa shape index (κ3) is 3.57. The number of amides is 1. The number of morpholine rings is 1. The summed E-state index contributed by atoms with van der Waals surface area (Å²) >= 11 is 0. The van der Waals surface area contributed by atoms with Gasteiger partial charge in [0.15, 0.2) is 5.96 Å². The van der Waals surface area contributed by atoms with Gasteiger partial charge in [0, 0.05) is 18.8 Å². The fraction of sp³-hybridized carbons (Fsp3) is 0.500. The van der Waals surface area contributed by atoms with Gasteiger partial charge in [-0.15, -0.1) is 0 Å². The summed E-state index contributed by atoms with van der Waals surface area (Å²) in [6.07, 6.45) is 3.50. The van der Waals surface area contributed by atoms with E-state index in [4.69, 9.17) is 10.5 Å². The van der Waals surface area contributed by atoms with E-state index in [1.165, 1.54) is 17.5 Å². The number of ether oxygens (including phenoxy) is 1. The molecule has 3 N–H and O–H groups in total. The van der Waals surface area contributed by atoms with E-state index in [0.29, 0.717) is 26.3 Å². The monoisotopic (exact) mass is 302 g/mol. The lowest BCUT2D eigenvalue weighted by Crippen LogP contribution is -2.42. The van der Waals surface area contributed by atoms with Gasteiger partial charge in [-0.05, 0) is 42.5 Å². The third-order valence-electron chi connectivity index (χ3n) is 4.12. The van der Waals surface area contributed by atoms with Crippen LogP contribution in [-0.2, 0) is 22.4 Å². The second-order valence-corrected chi connectivity index (χ2v) is 5.66. The Morgan fingerprint density at radius 2 is 2.05 bits per heavy atom. The number of nitrogens with two attached hydrogens (primary N) is 1. The molecule has 0 saturated carbocycles. The van der Waals surface area contributed by atoms with Crippen molar-refractivity contribution in [2.45, 2.75) is 19.3 Å². The van der Waals surface area contributed by atoms with E-state index in [1.807, 2.05) is 6.07 Å². The van der Waals surface area contributed by atoms with Crippen molar-refractivity contribution in [3.8, 4) is 0 Å². The molecule has 0 aromatic heterocycles. The van der Waals surface area contributed by atoms with Gasteiger partial charge in [-0.3, -0.25) is 4.79 Å².